The quantitative estimate of drug-likeness (QED) is 0.889. The highest BCUT2D eigenvalue weighted by molar-refractivity contribution is 9.10. The summed E-state index contributed by atoms with van der Waals surface area (Å²) in [5.41, 5.74) is 1.92. The Morgan fingerprint density at radius 3 is 2.81 bits per heavy atom. The van der Waals surface area contributed by atoms with Crippen LogP contribution >= 0.6 is 27.3 Å². The Morgan fingerprint density at radius 1 is 1.38 bits per heavy atom. The third kappa shape index (κ3) is 2.51. The molecular weight excluding hydrogens is 286 g/mol. The van der Waals surface area contributed by atoms with Crippen molar-refractivity contribution in [2.75, 3.05) is 5.32 Å². The number of nitrogens with one attached hydrogen (secondary N) is 1. The van der Waals surface area contributed by atoms with E-state index < -0.39 is 0 Å². The van der Waals surface area contributed by atoms with Gasteiger partial charge in [0, 0.05) is 10.2 Å². The number of thiophene rings is 1. The van der Waals surface area contributed by atoms with Crippen molar-refractivity contribution < 1.29 is 4.79 Å². The van der Waals surface area contributed by atoms with Gasteiger partial charge in [-0.05, 0) is 42.1 Å². The van der Waals surface area contributed by atoms with E-state index in [1.807, 2.05) is 42.6 Å². The maximum Gasteiger partial charge on any atom is 0.265 e. The number of amides is 1. The van der Waals surface area contributed by atoms with Gasteiger partial charge < -0.3 is 5.32 Å². The van der Waals surface area contributed by atoms with Crippen molar-refractivity contribution in [3.05, 3.63) is 50.6 Å². The van der Waals surface area contributed by atoms with Crippen molar-refractivity contribution in [3.8, 4) is 0 Å². The van der Waals surface area contributed by atoms with Gasteiger partial charge in [-0.2, -0.15) is 0 Å². The van der Waals surface area contributed by atoms with Gasteiger partial charge in [0.05, 0.1) is 4.88 Å². The summed E-state index contributed by atoms with van der Waals surface area (Å²) in [6.07, 6.45) is 0. The lowest BCUT2D eigenvalue weighted by atomic mass is 10.2. The minimum Gasteiger partial charge on any atom is -0.321 e. The number of benzene rings is 1. The fraction of sp³-hybridized carbons (Fsp3) is 0.0833. The molecular formula is C12H10BrNOS. The summed E-state index contributed by atoms with van der Waals surface area (Å²) in [5.74, 6) is -0.0586. The molecule has 16 heavy (non-hydrogen) atoms. The summed E-state index contributed by atoms with van der Waals surface area (Å²) in [4.78, 5) is 12.5. The molecule has 4 heteroatoms. The molecule has 1 heterocycles. The molecule has 2 aromatic rings. The van der Waals surface area contributed by atoms with Crippen LogP contribution in [0, 0.1) is 6.92 Å². The molecule has 0 fully saturated rings. The number of anilines is 1. The average molecular weight is 296 g/mol. The van der Waals surface area contributed by atoms with E-state index in [0.717, 1.165) is 20.6 Å². The smallest absolute Gasteiger partial charge is 0.265 e. The minimum absolute atomic E-state index is 0.0586. The Bertz CT molecular complexity index is 508. The maximum atomic E-state index is 11.8. The summed E-state index contributed by atoms with van der Waals surface area (Å²) in [6, 6.07) is 9.43. The van der Waals surface area contributed by atoms with Crippen molar-refractivity contribution in [2.45, 2.75) is 6.92 Å². The van der Waals surface area contributed by atoms with Gasteiger partial charge in [0.15, 0.2) is 0 Å². The van der Waals surface area contributed by atoms with Crippen molar-refractivity contribution in [1.29, 1.82) is 0 Å². The fourth-order valence-corrected chi connectivity index (χ4v) is 2.19. The Labute approximate surface area is 106 Å². The maximum absolute atomic E-state index is 11.8. The molecule has 82 valence electrons. The first-order valence-corrected chi connectivity index (χ1v) is 6.45. The van der Waals surface area contributed by atoms with Gasteiger partial charge in [-0.15, -0.1) is 11.3 Å². The van der Waals surface area contributed by atoms with E-state index in [0.29, 0.717) is 0 Å². The summed E-state index contributed by atoms with van der Waals surface area (Å²) < 4.78 is 1.04. The summed E-state index contributed by atoms with van der Waals surface area (Å²) >= 11 is 4.86. The summed E-state index contributed by atoms with van der Waals surface area (Å²) in [7, 11) is 0. The van der Waals surface area contributed by atoms with E-state index in [1.54, 1.807) is 0 Å². The molecule has 0 unspecified atom stereocenters. The SMILES string of the molecule is Cc1cc(NC(=O)c2cccs2)ccc1Br. The van der Waals surface area contributed by atoms with Gasteiger partial charge in [0.2, 0.25) is 0 Å². The Morgan fingerprint density at radius 2 is 2.19 bits per heavy atom. The zero-order valence-electron chi connectivity index (χ0n) is 8.66. The molecule has 1 aromatic carbocycles. The molecule has 0 bridgehead atoms. The first-order valence-electron chi connectivity index (χ1n) is 4.78. The van der Waals surface area contributed by atoms with Crippen molar-refractivity contribution in [2.24, 2.45) is 0 Å². The van der Waals surface area contributed by atoms with Crippen LogP contribution in [0.5, 0.6) is 0 Å². The molecule has 1 amide bonds. The summed E-state index contributed by atoms with van der Waals surface area (Å²) in [5, 5.41) is 4.75. The molecule has 0 aliphatic heterocycles. The zero-order valence-corrected chi connectivity index (χ0v) is 11.1. The molecule has 0 atom stereocenters. The Kier molecular flexibility index (Phi) is 3.41. The Hall–Kier alpha value is -1.13. The number of hydrogen-bond donors (Lipinski definition) is 1. The van der Waals surface area contributed by atoms with Crippen LogP contribution in [-0.4, -0.2) is 5.91 Å². The lowest BCUT2D eigenvalue weighted by Gasteiger charge is -2.05. The van der Waals surface area contributed by atoms with E-state index in [9.17, 15) is 4.79 Å². The highest BCUT2D eigenvalue weighted by Gasteiger charge is 2.06. The van der Waals surface area contributed by atoms with Gasteiger partial charge in [-0.1, -0.05) is 22.0 Å². The molecule has 0 saturated heterocycles. The van der Waals surface area contributed by atoms with Crippen LogP contribution in [0.25, 0.3) is 0 Å². The highest BCUT2D eigenvalue weighted by atomic mass is 79.9. The van der Waals surface area contributed by atoms with Gasteiger partial charge in [-0.25, -0.2) is 0 Å². The molecule has 0 radical (unpaired) electrons. The lowest BCUT2D eigenvalue weighted by Crippen LogP contribution is -2.10. The molecule has 0 aliphatic rings. The third-order valence-corrected chi connectivity index (χ3v) is 3.92. The average Bonchev–Trinajstić information content (AvgIpc) is 2.77. The molecule has 1 aromatic heterocycles. The topological polar surface area (TPSA) is 29.1 Å². The molecule has 2 rings (SSSR count). The van der Waals surface area contributed by atoms with E-state index in [2.05, 4.69) is 21.2 Å². The van der Waals surface area contributed by atoms with Crippen LogP contribution in [0.15, 0.2) is 40.2 Å². The van der Waals surface area contributed by atoms with Crippen molar-refractivity contribution >= 4 is 38.9 Å². The molecule has 0 aliphatic carbocycles. The van der Waals surface area contributed by atoms with Crippen molar-refractivity contribution in [1.82, 2.24) is 0 Å². The number of carbonyl (C=O) groups excluding carboxylic acids is 1. The van der Waals surface area contributed by atoms with E-state index in [4.69, 9.17) is 0 Å². The third-order valence-electron chi connectivity index (χ3n) is 2.16. The zero-order chi connectivity index (χ0) is 11.5. The van der Waals surface area contributed by atoms with E-state index >= 15 is 0 Å². The van der Waals surface area contributed by atoms with Gasteiger partial charge in [0.1, 0.15) is 0 Å². The Balaban J connectivity index is 2.15. The number of carbonyl (C=O) groups is 1. The van der Waals surface area contributed by atoms with Crippen LogP contribution in [-0.2, 0) is 0 Å². The van der Waals surface area contributed by atoms with Crippen LogP contribution in [0.4, 0.5) is 5.69 Å². The summed E-state index contributed by atoms with van der Waals surface area (Å²) in [6.45, 7) is 1.99. The molecule has 0 spiro atoms. The monoisotopic (exact) mass is 295 g/mol. The van der Waals surface area contributed by atoms with Gasteiger partial charge >= 0.3 is 0 Å². The lowest BCUT2D eigenvalue weighted by molar-refractivity contribution is 0.103. The molecule has 1 N–H and O–H groups in total. The van der Waals surface area contributed by atoms with Crippen LogP contribution in [0.3, 0.4) is 0 Å². The number of rotatable bonds is 2. The van der Waals surface area contributed by atoms with Crippen LogP contribution < -0.4 is 5.32 Å². The largest absolute Gasteiger partial charge is 0.321 e. The number of halogens is 1. The predicted molar refractivity (Wildman–Crippen MR) is 71.2 cm³/mol. The molecule has 2 nitrogen and oxygen atoms in total. The first-order chi connectivity index (χ1) is 7.66. The predicted octanol–water partition coefficient (Wildman–Crippen LogP) is 4.07. The highest BCUT2D eigenvalue weighted by Crippen LogP contribution is 2.21. The minimum atomic E-state index is -0.0586. The first kappa shape index (κ1) is 11.4. The van der Waals surface area contributed by atoms with E-state index in [-0.39, 0.29) is 5.91 Å². The number of aryl methyl sites for hydroxylation is 1. The second-order valence-electron chi connectivity index (χ2n) is 3.40. The fourth-order valence-electron chi connectivity index (χ4n) is 1.32. The normalized spacial score (nSPS) is 10.1. The second kappa shape index (κ2) is 4.80. The van der Waals surface area contributed by atoms with Crippen molar-refractivity contribution in [3.63, 3.8) is 0 Å². The van der Waals surface area contributed by atoms with E-state index in [1.165, 1.54) is 11.3 Å². The molecule has 0 saturated carbocycles. The standard InChI is InChI=1S/C12H10BrNOS/c1-8-7-9(4-5-10(8)13)14-12(15)11-3-2-6-16-11/h2-7H,1H3,(H,14,15). The number of hydrogen-bond acceptors (Lipinski definition) is 2. The van der Waals surface area contributed by atoms with Crippen LogP contribution in [0.2, 0.25) is 0 Å². The van der Waals surface area contributed by atoms with Crippen LogP contribution in [0.1, 0.15) is 15.2 Å². The van der Waals surface area contributed by atoms with Gasteiger partial charge in [0.25, 0.3) is 5.91 Å². The second-order valence-corrected chi connectivity index (χ2v) is 5.20. The van der Waals surface area contributed by atoms with Gasteiger partial charge in [-0.3, -0.25) is 4.79 Å².